The maximum Gasteiger partial charge on any atom is 0.219 e. The molecule has 1 aromatic carbocycles. The van der Waals surface area contributed by atoms with Crippen molar-refractivity contribution in [2.45, 2.75) is 26.3 Å². The van der Waals surface area contributed by atoms with Gasteiger partial charge in [0.15, 0.2) is 0 Å². The lowest BCUT2D eigenvalue weighted by molar-refractivity contribution is -0.129. The molecule has 0 aromatic heterocycles. The molecule has 2 rings (SSSR count). The Morgan fingerprint density at radius 1 is 1.37 bits per heavy atom. The molecule has 1 fully saturated rings. The van der Waals surface area contributed by atoms with Crippen LogP contribution >= 0.6 is 0 Å². The van der Waals surface area contributed by atoms with Crippen LogP contribution in [0.1, 0.15) is 25.3 Å². The molecule has 0 heterocycles. The second-order valence-electron chi connectivity index (χ2n) is 5.63. The van der Waals surface area contributed by atoms with Gasteiger partial charge in [-0.15, -0.1) is 0 Å². The Morgan fingerprint density at radius 3 is 2.58 bits per heavy atom. The van der Waals surface area contributed by atoms with Crippen LogP contribution < -0.4 is 10.6 Å². The van der Waals surface area contributed by atoms with E-state index in [1.807, 2.05) is 37.2 Å². The van der Waals surface area contributed by atoms with Crippen molar-refractivity contribution in [3.8, 4) is 0 Å². The highest BCUT2D eigenvalue weighted by molar-refractivity contribution is 5.74. The molecule has 2 N–H and O–H groups in total. The van der Waals surface area contributed by atoms with Gasteiger partial charge in [0.1, 0.15) is 0 Å². The van der Waals surface area contributed by atoms with Crippen LogP contribution in [-0.2, 0) is 11.3 Å². The molecule has 4 heteroatoms. The van der Waals surface area contributed by atoms with Gasteiger partial charge in [0, 0.05) is 45.5 Å². The fourth-order valence-electron chi connectivity index (χ4n) is 2.29. The molecule has 0 radical (unpaired) electrons. The molecular weight excluding hydrogens is 238 g/mol. The molecule has 104 valence electrons. The smallest absolute Gasteiger partial charge is 0.219 e. The van der Waals surface area contributed by atoms with Crippen molar-refractivity contribution in [3.05, 3.63) is 23.8 Å². The number of amides is 1. The second-order valence-corrected chi connectivity index (χ2v) is 5.63. The van der Waals surface area contributed by atoms with Crippen LogP contribution in [0.25, 0.3) is 0 Å². The fraction of sp³-hybridized carbons (Fsp3) is 0.533. The lowest BCUT2D eigenvalue weighted by atomic mass is 10.1. The summed E-state index contributed by atoms with van der Waals surface area (Å²) in [5.74, 6) is 0.840. The number of nitrogens with zero attached hydrogens (tertiary/aromatic N) is 2. The van der Waals surface area contributed by atoms with Gasteiger partial charge in [0.2, 0.25) is 5.91 Å². The van der Waals surface area contributed by atoms with Crippen LogP contribution in [0.4, 0.5) is 11.4 Å². The summed E-state index contributed by atoms with van der Waals surface area (Å²) in [6.07, 6.45) is 2.50. The summed E-state index contributed by atoms with van der Waals surface area (Å²) in [7, 11) is 4.02. The second kappa shape index (κ2) is 5.51. The highest BCUT2D eigenvalue weighted by Gasteiger charge is 2.26. The number of carbonyl (C=O) groups is 1. The van der Waals surface area contributed by atoms with Crippen molar-refractivity contribution in [3.63, 3.8) is 0 Å². The largest absolute Gasteiger partial charge is 0.399 e. The van der Waals surface area contributed by atoms with Gasteiger partial charge in [-0.25, -0.2) is 0 Å². The quantitative estimate of drug-likeness (QED) is 0.826. The van der Waals surface area contributed by atoms with Crippen molar-refractivity contribution in [2.24, 2.45) is 5.92 Å². The van der Waals surface area contributed by atoms with E-state index in [4.69, 9.17) is 5.73 Å². The Morgan fingerprint density at radius 2 is 2.05 bits per heavy atom. The SMILES string of the molecule is CC(=O)N(Cc1cc(N)ccc1N(C)C)CC1CC1. The van der Waals surface area contributed by atoms with E-state index in [-0.39, 0.29) is 5.91 Å². The lowest BCUT2D eigenvalue weighted by Crippen LogP contribution is -2.31. The first-order valence-electron chi connectivity index (χ1n) is 6.78. The Hall–Kier alpha value is -1.71. The first-order valence-corrected chi connectivity index (χ1v) is 6.78. The van der Waals surface area contributed by atoms with Gasteiger partial charge in [-0.2, -0.15) is 0 Å². The Balaban J connectivity index is 2.18. The van der Waals surface area contributed by atoms with E-state index >= 15 is 0 Å². The molecule has 0 unspecified atom stereocenters. The first kappa shape index (κ1) is 13.7. The number of nitrogens with two attached hydrogens (primary N) is 1. The number of nitrogen functional groups attached to an aromatic ring is 1. The first-order chi connectivity index (χ1) is 8.97. The molecule has 1 aliphatic rings. The number of hydrogen-bond donors (Lipinski definition) is 1. The normalized spacial score (nSPS) is 14.3. The van der Waals surface area contributed by atoms with Gasteiger partial charge >= 0.3 is 0 Å². The van der Waals surface area contributed by atoms with Gasteiger partial charge in [-0.05, 0) is 42.5 Å². The predicted octanol–water partition coefficient (Wildman–Crippen LogP) is 2.09. The van der Waals surface area contributed by atoms with Crippen LogP contribution in [0.5, 0.6) is 0 Å². The van der Waals surface area contributed by atoms with Crippen LogP contribution in [0.2, 0.25) is 0 Å². The average Bonchev–Trinajstić information content (AvgIpc) is 3.11. The number of benzene rings is 1. The third-order valence-electron chi connectivity index (χ3n) is 3.57. The molecule has 1 aromatic rings. The molecule has 4 nitrogen and oxygen atoms in total. The van der Waals surface area contributed by atoms with Gasteiger partial charge < -0.3 is 15.5 Å². The third kappa shape index (κ3) is 3.63. The number of carbonyl (C=O) groups excluding carboxylic acids is 1. The summed E-state index contributed by atoms with van der Waals surface area (Å²) in [5.41, 5.74) is 8.85. The summed E-state index contributed by atoms with van der Waals surface area (Å²) in [6.45, 7) is 3.16. The topological polar surface area (TPSA) is 49.6 Å². The van der Waals surface area contributed by atoms with E-state index in [1.54, 1.807) is 6.92 Å². The summed E-state index contributed by atoms with van der Waals surface area (Å²) in [6, 6.07) is 5.89. The molecule has 1 amide bonds. The van der Waals surface area contributed by atoms with Gasteiger partial charge in [-0.3, -0.25) is 4.79 Å². The van der Waals surface area contributed by atoms with E-state index in [0.29, 0.717) is 12.5 Å². The summed E-state index contributed by atoms with van der Waals surface area (Å²) >= 11 is 0. The summed E-state index contributed by atoms with van der Waals surface area (Å²) in [5, 5.41) is 0. The maximum absolute atomic E-state index is 11.8. The zero-order chi connectivity index (χ0) is 14.0. The van der Waals surface area contributed by atoms with Crippen molar-refractivity contribution in [1.82, 2.24) is 4.90 Å². The third-order valence-corrected chi connectivity index (χ3v) is 3.57. The van der Waals surface area contributed by atoms with Crippen molar-refractivity contribution in [2.75, 3.05) is 31.3 Å². The molecule has 19 heavy (non-hydrogen) atoms. The minimum absolute atomic E-state index is 0.138. The van der Waals surface area contributed by atoms with E-state index in [0.717, 1.165) is 23.5 Å². The Bertz CT molecular complexity index is 466. The molecular formula is C15H23N3O. The fourth-order valence-corrected chi connectivity index (χ4v) is 2.29. The minimum Gasteiger partial charge on any atom is -0.399 e. The van der Waals surface area contributed by atoms with Gasteiger partial charge in [0.05, 0.1) is 0 Å². The van der Waals surface area contributed by atoms with Gasteiger partial charge in [0.25, 0.3) is 0 Å². The number of anilines is 2. The zero-order valence-electron chi connectivity index (χ0n) is 12.0. The van der Waals surface area contributed by atoms with Crippen LogP contribution in [0, 0.1) is 5.92 Å². The van der Waals surface area contributed by atoms with Crippen molar-refractivity contribution >= 4 is 17.3 Å². The van der Waals surface area contributed by atoms with Gasteiger partial charge in [-0.1, -0.05) is 0 Å². The van der Waals surface area contributed by atoms with Crippen molar-refractivity contribution < 1.29 is 4.79 Å². The molecule has 0 atom stereocenters. The molecule has 1 aliphatic carbocycles. The van der Waals surface area contributed by atoms with Crippen molar-refractivity contribution in [1.29, 1.82) is 0 Å². The van der Waals surface area contributed by atoms with E-state index < -0.39 is 0 Å². The number of hydrogen-bond acceptors (Lipinski definition) is 3. The van der Waals surface area contributed by atoms with Crippen LogP contribution in [0.15, 0.2) is 18.2 Å². The Kier molecular flexibility index (Phi) is 3.98. The summed E-state index contributed by atoms with van der Waals surface area (Å²) < 4.78 is 0. The molecule has 0 aliphatic heterocycles. The molecule has 0 bridgehead atoms. The average molecular weight is 261 g/mol. The predicted molar refractivity (Wildman–Crippen MR) is 79.0 cm³/mol. The molecule has 1 saturated carbocycles. The lowest BCUT2D eigenvalue weighted by Gasteiger charge is -2.25. The highest BCUT2D eigenvalue weighted by atomic mass is 16.2. The summed E-state index contributed by atoms with van der Waals surface area (Å²) in [4.78, 5) is 15.7. The standard InChI is InChI=1S/C15H23N3O/c1-11(19)18(9-12-4-5-12)10-13-8-14(16)6-7-15(13)17(2)3/h6-8,12H,4-5,9-10,16H2,1-3H3. The zero-order valence-corrected chi connectivity index (χ0v) is 12.0. The molecule has 0 spiro atoms. The van der Waals surface area contributed by atoms with Crippen LogP contribution in [-0.4, -0.2) is 31.4 Å². The Labute approximate surface area is 115 Å². The van der Waals surface area contributed by atoms with E-state index in [2.05, 4.69) is 4.90 Å². The minimum atomic E-state index is 0.138. The number of rotatable bonds is 5. The molecule has 0 saturated heterocycles. The monoisotopic (exact) mass is 261 g/mol. The maximum atomic E-state index is 11.8. The van der Waals surface area contributed by atoms with Crippen LogP contribution in [0.3, 0.4) is 0 Å². The highest BCUT2D eigenvalue weighted by Crippen LogP contribution is 2.31. The van der Waals surface area contributed by atoms with E-state index in [1.165, 1.54) is 12.8 Å². The van der Waals surface area contributed by atoms with E-state index in [9.17, 15) is 4.79 Å².